The number of carbonyl (C=O) groups is 1. The Morgan fingerprint density at radius 2 is 1.39 bits per heavy atom. The zero-order valence-corrected chi connectivity index (χ0v) is 23.1. The minimum Gasteiger partial charge on any atom is -0.507 e. The Kier molecular flexibility index (Phi) is 6.37. The van der Waals surface area contributed by atoms with Gasteiger partial charge in [-0.1, -0.05) is 65.8 Å². The molecule has 5 heteroatoms. The molecule has 0 radical (unpaired) electrons. The highest BCUT2D eigenvalue weighted by Crippen LogP contribution is 2.47. The second-order valence-corrected chi connectivity index (χ2v) is 12.7. The minimum atomic E-state index is -0.384. The van der Waals surface area contributed by atoms with Crippen LogP contribution in [0.25, 0.3) is 0 Å². The lowest BCUT2D eigenvalue weighted by Gasteiger charge is -2.33. The van der Waals surface area contributed by atoms with Crippen LogP contribution < -0.4 is 10.6 Å². The number of hydrogen-bond acceptors (Lipinski definition) is 4. The van der Waals surface area contributed by atoms with Crippen LogP contribution >= 0.6 is 0 Å². The third kappa shape index (κ3) is 4.82. The number of phenols is 1. The first-order chi connectivity index (χ1) is 17.8. The van der Waals surface area contributed by atoms with Gasteiger partial charge in [0.15, 0.2) is 5.78 Å². The number of Topliss-reactive ketones (excluding diaryl/α,β-unsaturated/α-hetero) is 1. The quantitative estimate of drug-likeness (QED) is 0.325. The molecule has 0 amide bonds. The Bertz CT molecular complexity index is 1390. The maximum absolute atomic E-state index is 13.9. The number of halogens is 1. The van der Waals surface area contributed by atoms with Gasteiger partial charge >= 0.3 is 0 Å². The number of ketones is 1. The van der Waals surface area contributed by atoms with E-state index in [4.69, 9.17) is 0 Å². The zero-order chi connectivity index (χ0) is 27.4. The van der Waals surface area contributed by atoms with Gasteiger partial charge in [-0.15, -0.1) is 0 Å². The van der Waals surface area contributed by atoms with Gasteiger partial charge < -0.3 is 15.7 Å². The summed E-state index contributed by atoms with van der Waals surface area (Å²) in [7, 11) is 0. The molecule has 3 N–H and O–H groups in total. The van der Waals surface area contributed by atoms with Crippen LogP contribution in [0.5, 0.6) is 5.75 Å². The molecule has 1 aliphatic carbocycles. The summed E-state index contributed by atoms with van der Waals surface area (Å²) in [5.41, 5.74) is 6.52. The Morgan fingerprint density at radius 1 is 0.816 bits per heavy atom. The number of para-hydroxylation sites is 2. The van der Waals surface area contributed by atoms with Gasteiger partial charge in [0.25, 0.3) is 0 Å². The molecule has 0 saturated carbocycles. The minimum absolute atomic E-state index is 0.0321. The van der Waals surface area contributed by atoms with E-state index in [0.29, 0.717) is 18.6 Å². The number of rotatable bonds is 2. The fourth-order valence-electron chi connectivity index (χ4n) is 5.68. The summed E-state index contributed by atoms with van der Waals surface area (Å²) in [6.45, 7) is 12.6. The van der Waals surface area contributed by atoms with Crippen LogP contribution in [-0.2, 0) is 15.6 Å². The van der Waals surface area contributed by atoms with Crippen molar-refractivity contribution in [2.24, 2.45) is 0 Å². The summed E-state index contributed by atoms with van der Waals surface area (Å²) in [5.74, 6) is 0.0797. The second-order valence-electron chi connectivity index (χ2n) is 12.7. The standard InChI is InChI=1S/C33H37FN2O2/c1-32(2,3)23-15-21(16-24(31(23)38)33(4,5)6)30-29-27(35-25-9-7-8-10-26(25)36-30)17-20(18-28(29)37)19-11-13-22(34)14-12-19/h7-16,20,30,35-36,38H,17-18H2,1-6H3. The summed E-state index contributed by atoms with van der Waals surface area (Å²) in [4.78, 5) is 13.9. The lowest BCUT2D eigenvalue weighted by molar-refractivity contribution is -0.116. The zero-order valence-electron chi connectivity index (χ0n) is 23.1. The summed E-state index contributed by atoms with van der Waals surface area (Å²) in [6.07, 6.45) is 1.01. The Hall–Kier alpha value is -3.60. The second kappa shape index (κ2) is 9.30. The van der Waals surface area contributed by atoms with E-state index in [-0.39, 0.29) is 34.4 Å². The smallest absolute Gasteiger partial charge is 0.163 e. The number of phenolic OH excluding ortho intramolecular Hbond substituents is 1. The lowest BCUT2D eigenvalue weighted by Crippen LogP contribution is -2.27. The first-order valence-corrected chi connectivity index (χ1v) is 13.3. The molecular weight excluding hydrogens is 475 g/mol. The molecule has 38 heavy (non-hydrogen) atoms. The molecule has 0 aromatic heterocycles. The highest BCUT2D eigenvalue weighted by molar-refractivity contribution is 6.01. The Balaban J connectivity index is 1.69. The molecule has 2 atom stereocenters. The molecule has 0 fully saturated rings. The molecule has 3 aromatic rings. The van der Waals surface area contributed by atoms with Gasteiger partial charge in [0.1, 0.15) is 11.6 Å². The van der Waals surface area contributed by atoms with Crippen LogP contribution in [-0.4, -0.2) is 10.9 Å². The summed E-state index contributed by atoms with van der Waals surface area (Å²) in [6, 6.07) is 18.2. The molecule has 1 aliphatic heterocycles. The van der Waals surface area contributed by atoms with E-state index < -0.39 is 0 Å². The fraction of sp³-hybridized carbons (Fsp3) is 0.364. The average Bonchev–Trinajstić information content (AvgIpc) is 3.00. The Morgan fingerprint density at radius 3 is 1.97 bits per heavy atom. The monoisotopic (exact) mass is 512 g/mol. The molecule has 0 saturated heterocycles. The molecule has 2 aliphatic rings. The number of hydrogen-bond donors (Lipinski definition) is 3. The van der Waals surface area contributed by atoms with Gasteiger partial charge in [0, 0.05) is 17.7 Å². The van der Waals surface area contributed by atoms with E-state index in [9.17, 15) is 14.3 Å². The van der Waals surface area contributed by atoms with Crippen molar-refractivity contribution in [3.63, 3.8) is 0 Å². The molecule has 3 aromatic carbocycles. The third-order valence-electron chi connectivity index (χ3n) is 7.73. The number of carbonyl (C=O) groups excluding carboxylic acids is 1. The number of aromatic hydroxyl groups is 1. The van der Waals surface area contributed by atoms with Gasteiger partial charge in [-0.25, -0.2) is 4.39 Å². The maximum atomic E-state index is 13.9. The van der Waals surface area contributed by atoms with E-state index in [1.165, 1.54) is 12.1 Å². The predicted molar refractivity (Wildman–Crippen MR) is 152 cm³/mol. The number of allylic oxidation sites excluding steroid dienone is 1. The number of fused-ring (bicyclic) bond motifs is 1. The van der Waals surface area contributed by atoms with E-state index in [0.717, 1.165) is 44.9 Å². The first-order valence-electron chi connectivity index (χ1n) is 13.3. The largest absolute Gasteiger partial charge is 0.507 e. The highest BCUT2D eigenvalue weighted by atomic mass is 19.1. The van der Waals surface area contributed by atoms with Crippen molar-refractivity contribution in [1.82, 2.24) is 0 Å². The lowest BCUT2D eigenvalue weighted by atomic mass is 9.75. The van der Waals surface area contributed by atoms with Crippen molar-refractivity contribution in [3.8, 4) is 5.75 Å². The van der Waals surface area contributed by atoms with Gasteiger partial charge in [0.2, 0.25) is 0 Å². The topological polar surface area (TPSA) is 61.4 Å². The normalized spacial score (nSPS) is 19.7. The van der Waals surface area contributed by atoms with E-state index >= 15 is 0 Å². The van der Waals surface area contributed by atoms with E-state index in [1.807, 2.05) is 24.3 Å². The van der Waals surface area contributed by atoms with Gasteiger partial charge in [-0.05, 0) is 81.8 Å². The van der Waals surface area contributed by atoms with E-state index in [2.05, 4.69) is 64.3 Å². The van der Waals surface area contributed by atoms with Crippen molar-refractivity contribution >= 4 is 17.2 Å². The molecular formula is C33H37FN2O2. The average molecular weight is 513 g/mol. The Labute approximate surface area is 225 Å². The van der Waals surface area contributed by atoms with Gasteiger partial charge in [0.05, 0.1) is 17.4 Å². The van der Waals surface area contributed by atoms with Crippen LogP contribution in [0.4, 0.5) is 15.8 Å². The number of benzene rings is 3. The van der Waals surface area contributed by atoms with Crippen LogP contribution in [0, 0.1) is 5.82 Å². The van der Waals surface area contributed by atoms with Crippen molar-refractivity contribution in [1.29, 1.82) is 0 Å². The van der Waals surface area contributed by atoms with Crippen molar-refractivity contribution in [2.75, 3.05) is 10.6 Å². The van der Waals surface area contributed by atoms with Gasteiger partial charge in [-0.3, -0.25) is 4.79 Å². The third-order valence-corrected chi connectivity index (χ3v) is 7.73. The fourth-order valence-corrected chi connectivity index (χ4v) is 5.68. The predicted octanol–water partition coefficient (Wildman–Crippen LogP) is 8.11. The number of anilines is 2. The molecule has 0 bridgehead atoms. The molecule has 0 spiro atoms. The number of nitrogens with one attached hydrogen (secondary N) is 2. The van der Waals surface area contributed by atoms with E-state index in [1.54, 1.807) is 12.1 Å². The molecule has 5 rings (SSSR count). The maximum Gasteiger partial charge on any atom is 0.163 e. The van der Waals surface area contributed by atoms with Crippen LogP contribution in [0.3, 0.4) is 0 Å². The van der Waals surface area contributed by atoms with Crippen molar-refractivity contribution in [3.05, 3.63) is 100 Å². The summed E-state index contributed by atoms with van der Waals surface area (Å²) < 4.78 is 13.6. The van der Waals surface area contributed by atoms with Crippen molar-refractivity contribution < 1.29 is 14.3 Å². The molecule has 1 heterocycles. The molecule has 4 nitrogen and oxygen atoms in total. The summed E-state index contributed by atoms with van der Waals surface area (Å²) >= 11 is 0. The SMILES string of the molecule is CC(C)(C)c1cc(C2Nc3ccccc3NC3=C2C(=O)CC(c2ccc(F)cc2)C3)cc(C(C)(C)C)c1O. The van der Waals surface area contributed by atoms with Crippen molar-refractivity contribution in [2.45, 2.75) is 77.2 Å². The van der Waals surface area contributed by atoms with Crippen LogP contribution in [0.1, 0.15) is 88.6 Å². The summed E-state index contributed by atoms with van der Waals surface area (Å²) in [5, 5.41) is 18.6. The molecule has 2 unspecified atom stereocenters. The van der Waals surface area contributed by atoms with Gasteiger partial charge in [-0.2, -0.15) is 0 Å². The van der Waals surface area contributed by atoms with Crippen LogP contribution in [0.15, 0.2) is 71.9 Å². The first kappa shape index (κ1) is 26.0. The van der Waals surface area contributed by atoms with Crippen LogP contribution in [0.2, 0.25) is 0 Å². The molecule has 198 valence electrons. The highest BCUT2D eigenvalue weighted by Gasteiger charge is 2.37.